The molecule has 5 heteroatoms. The van der Waals surface area contributed by atoms with Crippen molar-refractivity contribution in [1.82, 2.24) is 5.32 Å². The van der Waals surface area contributed by atoms with Crippen molar-refractivity contribution < 1.29 is 14.3 Å². The van der Waals surface area contributed by atoms with Crippen LogP contribution in [0.15, 0.2) is 66.7 Å². The molecule has 0 saturated carbocycles. The molecule has 0 aromatic heterocycles. The average molecular weight is 408 g/mol. The standard InChI is InChI=1S/C26H20N2O3/c29-25-15-18-12-11-17(14-24(18)28-25)6-5-13-27-26(30)31-16-23-21-9-3-1-7-19(21)20-8-2-4-10-22(20)23/h1-4,7-12,14,23H,13,15-16H2,(H,27,30)(H,28,29). The molecule has 0 atom stereocenters. The van der Waals surface area contributed by atoms with E-state index in [0.717, 1.165) is 16.8 Å². The monoisotopic (exact) mass is 408 g/mol. The zero-order chi connectivity index (χ0) is 21.2. The summed E-state index contributed by atoms with van der Waals surface area (Å²) in [5.74, 6) is 5.95. The summed E-state index contributed by atoms with van der Waals surface area (Å²) in [7, 11) is 0. The van der Waals surface area contributed by atoms with Crippen LogP contribution in [0.2, 0.25) is 0 Å². The lowest BCUT2D eigenvalue weighted by molar-refractivity contribution is -0.115. The average Bonchev–Trinajstić information content (AvgIpc) is 3.32. The molecule has 1 heterocycles. The van der Waals surface area contributed by atoms with Crippen molar-refractivity contribution >= 4 is 17.7 Å². The Balaban J connectivity index is 1.17. The number of carbonyl (C=O) groups is 2. The normalized spacial score (nSPS) is 13.4. The van der Waals surface area contributed by atoms with Crippen LogP contribution in [0.25, 0.3) is 11.1 Å². The van der Waals surface area contributed by atoms with Gasteiger partial charge in [0.1, 0.15) is 6.61 Å². The number of anilines is 1. The molecule has 2 N–H and O–H groups in total. The van der Waals surface area contributed by atoms with Gasteiger partial charge in [-0.3, -0.25) is 4.79 Å². The second-order valence-corrected chi connectivity index (χ2v) is 7.58. The smallest absolute Gasteiger partial charge is 0.407 e. The molecule has 2 amide bonds. The van der Waals surface area contributed by atoms with Gasteiger partial charge in [-0.05, 0) is 39.9 Å². The summed E-state index contributed by atoms with van der Waals surface area (Å²) < 4.78 is 5.50. The fraction of sp³-hybridized carbons (Fsp3) is 0.154. The first-order valence-electron chi connectivity index (χ1n) is 10.2. The van der Waals surface area contributed by atoms with Crippen molar-refractivity contribution in [2.75, 3.05) is 18.5 Å². The molecular weight excluding hydrogens is 388 g/mol. The first-order valence-corrected chi connectivity index (χ1v) is 10.2. The van der Waals surface area contributed by atoms with Crippen LogP contribution in [-0.4, -0.2) is 25.2 Å². The fourth-order valence-electron chi connectivity index (χ4n) is 4.20. The molecule has 1 aliphatic carbocycles. The molecule has 0 spiro atoms. The summed E-state index contributed by atoms with van der Waals surface area (Å²) in [6, 6.07) is 22.1. The lowest BCUT2D eigenvalue weighted by atomic mass is 9.98. The van der Waals surface area contributed by atoms with Crippen LogP contribution in [0, 0.1) is 11.8 Å². The van der Waals surface area contributed by atoms with E-state index in [0.29, 0.717) is 6.42 Å². The van der Waals surface area contributed by atoms with Gasteiger partial charge < -0.3 is 15.4 Å². The molecule has 2 aliphatic rings. The molecule has 31 heavy (non-hydrogen) atoms. The highest BCUT2D eigenvalue weighted by Gasteiger charge is 2.28. The first kappa shape index (κ1) is 19.0. The van der Waals surface area contributed by atoms with E-state index in [1.165, 1.54) is 22.3 Å². The number of rotatable bonds is 3. The zero-order valence-electron chi connectivity index (χ0n) is 16.8. The fourth-order valence-corrected chi connectivity index (χ4v) is 4.20. The molecule has 5 rings (SSSR count). The Hall–Kier alpha value is -4.04. The number of alkyl carbamates (subject to hydrolysis) is 1. The van der Waals surface area contributed by atoms with Gasteiger partial charge in [-0.25, -0.2) is 4.79 Å². The summed E-state index contributed by atoms with van der Waals surface area (Å²) in [6.45, 7) is 0.456. The predicted octanol–water partition coefficient (Wildman–Crippen LogP) is 4.07. The summed E-state index contributed by atoms with van der Waals surface area (Å²) in [6.07, 6.45) is -0.0794. The van der Waals surface area contributed by atoms with E-state index in [-0.39, 0.29) is 25.0 Å². The highest BCUT2D eigenvalue weighted by molar-refractivity contribution is 5.99. The van der Waals surface area contributed by atoms with Gasteiger partial charge in [0, 0.05) is 17.2 Å². The number of carbonyl (C=O) groups excluding carboxylic acids is 2. The summed E-state index contributed by atoms with van der Waals surface area (Å²) in [5, 5.41) is 5.49. The number of hydrogen-bond acceptors (Lipinski definition) is 3. The highest BCUT2D eigenvalue weighted by atomic mass is 16.5. The molecule has 152 valence electrons. The van der Waals surface area contributed by atoms with Crippen molar-refractivity contribution in [3.63, 3.8) is 0 Å². The maximum absolute atomic E-state index is 12.2. The third-order valence-electron chi connectivity index (χ3n) is 5.63. The molecule has 5 nitrogen and oxygen atoms in total. The summed E-state index contributed by atoms with van der Waals surface area (Å²) in [5.41, 5.74) is 7.33. The Morgan fingerprint density at radius 2 is 1.74 bits per heavy atom. The second kappa shape index (κ2) is 8.00. The van der Waals surface area contributed by atoms with Gasteiger partial charge in [-0.15, -0.1) is 0 Å². The predicted molar refractivity (Wildman–Crippen MR) is 119 cm³/mol. The molecule has 3 aromatic carbocycles. The van der Waals surface area contributed by atoms with E-state index in [9.17, 15) is 9.59 Å². The van der Waals surface area contributed by atoms with Gasteiger partial charge in [0.25, 0.3) is 0 Å². The van der Waals surface area contributed by atoms with E-state index in [1.54, 1.807) is 0 Å². The molecule has 1 aliphatic heterocycles. The Kier molecular flexibility index (Phi) is 4.89. The van der Waals surface area contributed by atoms with Gasteiger partial charge in [-0.2, -0.15) is 0 Å². The van der Waals surface area contributed by atoms with Crippen molar-refractivity contribution in [3.8, 4) is 23.0 Å². The van der Waals surface area contributed by atoms with E-state index in [4.69, 9.17) is 4.74 Å². The Bertz CT molecular complexity index is 1210. The molecule has 0 fully saturated rings. The van der Waals surface area contributed by atoms with Gasteiger partial charge >= 0.3 is 6.09 Å². The van der Waals surface area contributed by atoms with Crippen LogP contribution in [0.3, 0.4) is 0 Å². The molecule has 0 radical (unpaired) electrons. The van der Waals surface area contributed by atoms with Gasteiger partial charge in [-0.1, -0.05) is 66.4 Å². The molecular formula is C26H20N2O3. The lowest BCUT2D eigenvalue weighted by Crippen LogP contribution is -2.26. The third kappa shape index (κ3) is 3.76. The maximum atomic E-state index is 12.2. The van der Waals surface area contributed by atoms with Gasteiger partial charge in [0.15, 0.2) is 0 Å². The second-order valence-electron chi connectivity index (χ2n) is 7.58. The van der Waals surface area contributed by atoms with Crippen LogP contribution >= 0.6 is 0 Å². The number of benzene rings is 3. The van der Waals surface area contributed by atoms with Crippen LogP contribution < -0.4 is 10.6 Å². The number of amides is 2. The SMILES string of the molecule is O=C1Cc2ccc(C#CCNC(=O)OCC3c4ccccc4-c4ccccc43)cc2N1. The minimum absolute atomic E-state index is 0.00275. The van der Waals surface area contributed by atoms with Crippen molar-refractivity contribution in [2.45, 2.75) is 12.3 Å². The number of fused-ring (bicyclic) bond motifs is 4. The van der Waals surface area contributed by atoms with Crippen LogP contribution in [0.4, 0.5) is 10.5 Å². The number of ether oxygens (including phenoxy) is 1. The maximum Gasteiger partial charge on any atom is 0.407 e. The van der Waals surface area contributed by atoms with E-state index >= 15 is 0 Å². The highest BCUT2D eigenvalue weighted by Crippen LogP contribution is 2.44. The van der Waals surface area contributed by atoms with E-state index in [1.807, 2.05) is 42.5 Å². The quantitative estimate of drug-likeness (QED) is 0.642. The lowest BCUT2D eigenvalue weighted by Gasteiger charge is -2.14. The number of nitrogens with one attached hydrogen (secondary N) is 2. The largest absolute Gasteiger partial charge is 0.449 e. The van der Waals surface area contributed by atoms with Crippen LogP contribution in [0.5, 0.6) is 0 Å². The van der Waals surface area contributed by atoms with Gasteiger partial charge in [0.05, 0.1) is 13.0 Å². The van der Waals surface area contributed by atoms with E-state index in [2.05, 4.69) is 46.7 Å². The van der Waals surface area contributed by atoms with Crippen LogP contribution in [0.1, 0.15) is 28.2 Å². The molecule has 0 saturated heterocycles. The molecule has 3 aromatic rings. The van der Waals surface area contributed by atoms with E-state index < -0.39 is 6.09 Å². The van der Waals surface area contributed by atoms with Crippen LogP contribution in [-0.2, 0) is 16.0 Å². The Morgan fingerprint density at radius 3 is 2.48 bits per heavy atom. The van der Waals surface area contributed by atoms with Crippen molar-refractivity contribution in [1.29, 1.82) is 0 Å². The Morgan fingerprint density at radius 1 is 1.03 bits per heavy atom. The first-order chi connectivity index (χ1) is 15.2. The molecule has 0 unspecified atom stereocenters. The van der Waals surface area contributed by atoms with Crippen molar-refractivity contribution in [3.05, 3.63) is 89.0 Å². The minimum Gasteiger partial charge on any atom is -0.449 e. The summed E-state index contributed by atoms with van der Waals surface area (Å²) >= 11 is 0. The minimum atomic E-state index is -0.489. The Labute approximate surface area is 180 Å². The zero-order valence-corrected chi connectivity index (χ0v) is 16.8. The third-order valence-corrected chi connectivity index (χ3v) is 5.63. The summed E-state index contributed by atoms with van der Waals surface area (Å²) in [4.78, 5) is 23.6. The van der Waals surface area contributed by atoms with Crippen molar-refractivity contribution in [2.24, 2.45) is 0 Å². The topological polar surface area (TPSA) is 67.4 Å². The number of hydrogen-bond donors (Lipinski definition) is 2. The molecule has 0 bridgehead atoms. The van der Waals surface area contributed by atoms with Gasteiger partial charge in [0.2, 0.25) is 5.91 Å².